The molecule has 1 heterocycles. The highest BCUT2D eigenvalue weighted by atomic mass is 32.2. The third kappa shape index (κ3) is 4.10. The molecular formula is C16H25N3O3S. The highest BCUT2D eigenvalue weighted by Gasteiger charge is 2.29. The summed E-state index contributed by atoms with van der Waals surface area (Å²) >= 11 is 0. The maximum Gasteiger partial charge on any atom is 0.254 e. The predicted octanol–water partition coefficient (Wildman–Crippen LogP) is 1.18. The Kier molecular flexibility index (Phi) is 5.78. The highest BCUT2D eigenvalue weighted by Crippen LogP contribution is 2.24. The van der Waals surface area contributed by atoms with Crippen LogP contribution in [-0.4, -0.2) is 44.9 Å². The zero-order valence-corrected chi connectivity index (χ0v) is 14.5. The molecule has 0 saturated carbocycles. The number of likely N-dealkylation sites (tertiary alicyclic amines) is 1. The molecule has 128 valence electrons. The molecule has 2 atom stereocenters. The van der Waals surface area contributed by atoms with Crippen molar-refractivity contribution in [3.05, 3.63) is 29.8 Å². The fourth-order valence-corrected chi connectivity index (χ4v) is 4.00. The molecule has 1 aromatic carbocycles. The molecule has 0 spiro atoms. The normalized spacial score (nSPS) is 22.1. The van der Waals surface area contributed by atoms with Crippen LogP contribution < -0.4 is 10.5 Å². The second-order valence-corrected chi connectivity index (χ2v) is 7.81. The largest absolute Gasteiger partial charge is 0.334 e. The van der Waals surface area contributed by atoms with E-state index in [0.29, 0.717) is 31.1 Å². The fraction of sp³-hybridized carbons (Fsp3) is 0.562. The van der Waals surface area contributed by atoms with Crippen molar-refractivity contribution in [1.82, 2.24) is 9.62 Å². The van der Waals surface area contributed by atoms with E-state index in [-0.39, 0.29) is 16.8 Å². The van der Waals surface area contributed by atoms with Crippen LogP contribution in [0.2, 0.25) is 0 Å². The first kappa shape index (κ1) is 17.9. The number of nitrogens with zero attached hydrogens (tertiary/aromatic N) is 1. The summed E-state index contributed by atoms with van der Waals surface area (Å²) in [7, 11) is -3.50. The van der Waals surface area contributed by atoms with E-state index >= 15 is 0 Å². The lowest BCUT2D eigenvalue weighted by molar-refractivity contribution is 0.0573. The predicted molar refractivity (Wildman–Crippen MR) is 89.6 cm³/mol. The van der Waals surface area contributed by atoms with Crippen LogP contribution in [0, 0.1) is 5.92 Å². The first-order valence-electron chi connectivity index (χ1n) is 7.99. The van der Waals surface area contributed by atoms with Gasteiger partial charge in [-0.05, 0) is 43.0 Å². The molecule has 0 bridgehead atoms. The minimum atomic E-state index is -3.50. The van der Waals surface area contributed by atoms with Gasteiger partial charge in [-0.1, -0.05) is 13.8 Å². The van der Waals surface area contributed by atoms with Crippen molar-refractivity contribution in [3.8, 4) is 0 Å². The molecule has 0 aromatic heterocycles. The summed E-state index contributed by atoms with van der Waals surface area (Å²) in [6.45, 7) is 5.36. The molecule has 2 rings (SSSR count). The van der Waals surface area contributed by atoms with Crippen LogP contribution in [0.4, 0.5) is 0 Å². The Morgan fingerprint density at radius 1 is 1.35 bits per heavy atom. The molecule has 6 nitrogen and oxygen atoms in total. The lowest BCUT2D eigenvalue weighted by atomic mass is 9.92. The number of sulfonamides is 1. The maximum atomic E-state index is 12.7. The number of hydrogen-bond donors (Lipinski definition) is 2. The van der Waals surface area contributed by atoms with Gasteiger partial charge < -0.3 is 10.6 Å². The number of piperidine rings is 1. The van der Waals surface area contributed by atoms with Crippen LogP contribution in [0.25, 0.3) is 0 Å². The third-order valence-corrected chi connectivity index (χ3v) is 5.82. The quantitative estimate of drug-likeness (QED) is 0.842. The lowest BCUT2D eigenvalue weighted by Crippen LogP contribution is -2.49. The van der Waals surface area contributed by atoms with E-state index in [0.717, 1.165) is 12.8 Å². The van der Waals surface area contributed by atoms with Gasteiger partial charge in [-0.3, -0.25) is 4.79 Å². The molecule has 0 aliphatic carbocycles. The summed E-state index contributed by atoms with van der Waals surface area (Å²) in [5, 5.41) is 0. The van der Waals surface area contributed by atoms with Crippen LogP contribution in [-0.2, 0) is 10.0 Å². The standard InChI is InChI=1S/C16H25N3O3S/c1-3-18-23(21,22)15-6-4-13(5-7-15)16(20)19-9-8-12(2)10-14(19)11-17/h4-7,12,14,18H,3,8-11,17H2,1-2H3. The van der Waals surface area contributed by atoms with Crippen molar-refractivity contribution in [2.75, 3.05) is 19.6 Å². The zero-order valence-electron chi connectivity index (χ0n) is 13.7. The van der Waals surface area contributed by atoms with Crippen LogP contribution in [0.15, 0.2) is 29.2 Å². The summed E-state index contributed by atoms with van der Waals surface area (Å²) in [4.78, 5) is 14.6. The van der Waals surface area contributed by atoms with Crippen LogP contribution in [0.3, 0.4) is 0 Å². The van der Waals surface area contributed by atoms with E-state index in [1.807, 2.05) is 4.90 Å². The number of amides is 1. The molecule has 1 aliphatic rings. The third-order valence-electron chi connectivity index (χ3n) is 4.26. The van der Waals surface area contributed by atoms with Crippen molar-refractivity contribution >= 4 is 15.9 Å². The lowest BCUT2D eigenvalue weighted by Gasteiger charge is -2.38. The molecule has 2 unspecified atom stereocenters. The Morgan fingerprint density at radius 2 is 2.00 bits per heavy atom. The second kappa shape index (κ2) is 7.42. The molecule has 1 amide bonds. The van der Waals surface area contributed by atoms with Gasteiger partial charge in [0.2, 0.25) is 10.0 Å². The number of benzene rings is 1. The minimum Gasteiger partial charge on any atom is -0.334 e. The van der Waals surface area contributed by atoms with Gasteiger partial charge in [-0.2, -0.15) is 0 Å². The van der Waals surface area contributed by atoms with Crippen molar-refractivity contribution in [2.24, 2.45) is 11.7 Å². The molecule has 3 N–H and O–H groups in total. The number of nitrogens with two attached hydrogens (primary N) is 1. The van der Waals surface area contributed by atoms with Gasteiger partial charge in [-0.25, -0.2) is 13.1 Å². The van der Waals surface area contributed by atoms with E-state index in [4.69, 9.17) is 5.73 Å². The number of hydrogen-bond acceptors (Lipinski definition) is 4. The van der Waals surface area contributed by atoms with E-state index in [9.17, 15) is 13.2 Å². The Morgan fingerprint density at radius 3 is 2.57 bits per heavy atom. The number of rotatable bonds is 5. The molecule has 1 aliphatic heterocycles. The summed E-state index contributed by atoms with van der Waals surface area (Å²) < 4.78 is 26.3. The summed E-state index contributed by atoms with van der Waals surface area (Å²) in [6.07, 6.45) is 1.88. The van der Waals surface area contributed by atoms with Gasteiger partial charge in [0.1, 0.15) is 0 Å². The average molecular weight is 339 g/mol. The van der Waals surface area contributed by atoms with Crippen LogP contribution in [0.5, 0.6) is 0 Å². The smallest absolute Gasteiger partial charge is 0.254 e. The summed E-state index contributed by atoms with van der Waals surface area (Å²) in [5.74, 6) is 0.486. The Balaban J connectivity index is 2.17. The van der Waals surface area contributed by atoms with E-state index in [2.05, 4.69) is 11.6 Å². The summed E-state index contributed by atoms with van der Waals surface area (Å²) in [6, 6.07) is 6.12. The molecule has 23 heavy (non-hydrogen) atoms. The average Bonchev–Trinajstić information content (AvgIpc) is 2.54. The second-order valence-electron chi connectivity index (χ2n) is 6.04. The van der Waals surface area contributed by atoms with Gasteiger partial charge in [-0.15, -0.1) is 0 Å². The zero-order chi connectivity index (χ0) is 17.0. The van der Waals surface area contributed by atoms with Crippen molar-refractivity contribution in [3.63, 3.8) is 0 Å². The Hall–Kier alpha value is -1.44. The Labute approximate surface area is 138 Å². The monoisotopic (exact) mass is 339 g/mol. The molecule has 1 aromatic rings. The minimum absolute atomic E-state index is 0.0522. The van der Waals surface area contributed by atoms with Gasteiger partial charge in [0.15, 0.2) is 0 Å². The van der Waals surface area contributed by atoms with E-state index in [1.165, 1.54) is 12.1 Å². The number of nitrogens with one attached hydrogen (secondary N) is 1. The van der Waals surface area contributed by atoms with Crippen molar-refractivity contribution in [2.45, 2.75) is 37.6 Å². The van der Waals surface area contributed by atoms with Crippen molar-refractivity contribution in [1.29, 1.82) is 0 Å². The van der Waals surface area contributed by atoms with E-state index < -0.39 is 10.0 Å². The first-order valence-corrected chi connectivity index (χ1v) is 9.48. The van der Waals surface area contributed by atoms with Gasteiger partial charge in [0, 0.05) is 31.2 Å². The van der Waals surface area contributed by atoms with Crippen molar-refractivity contribution < 1.29 is 13.2 Å². The molecular weight excluding hydrogens is 314 g/mol. The Bertz CT molecular complexity index is 643. The molecule has 0 radical (unpaired) electrons. The fourth-order valence-electron chi connectivity index (χ4n) is 2.96. The number of carbonyl (C=O) groups is 1. The number of carbonyl (C=O) groups excluding carboxylic acids is 1. The van der Waals surface area contributed by atoms with Gasteiger partial charge in [0.25, 0.3) is 5.91 Å². The first-order chi connectivity index (χ1) is 10.9. The van der Waals surface area contributed by atoms with Crippen LogP contribution >= 0.6 is 0 Å². The highest BCUT2D eigenvalue weighted by molar-refractivity contribution is 7.89. The topological polar surface area (TPSA) is 92.5 Å². The summed E-state index contributed by atoms with van der Waals surface area (Å²) in [5.41, 5.74) is 6.30. The SMILES string of the molecule is CCNS(=O)(=O)c1ccc(C(=O)N2CCC(C)CC2CN)cc1. The molecule has 7 heteroatoms. The van der Waals surface area contributed by atoms with Crippen LogP contribution in [0.1, 0.15) is 37.0 Å². The molecule has 1 fully saturated rings. The molecule has 1 saturated heterocycles. The van der Waals surface area contributed by atoms with Gasteiger partial charge >= 0.3 is 0 Å². The van der Waals surface area contributed by atoms with Gasteiger partial charge in [0.05, 0.1) is 4.90 Å². The maximum absolute atomic E-state index is 12.7. The van der Waals surface area contributed by atoms with E-state index in [1.54, 1.807) is 19.1 Å².